The summed E-state index contributed by atoms with van der Waals surface area (Å²) in [6, 6.07) is 0. The van der Waals surface area contributed by atoms with E-state index in [9.17, 15) is 4.79 Å². The van der Waals surface area contributed by atoms with Gasteiger partial charge in [-0.2, -0.15) is 0 Å². The molecule has 1 N–H and O–H groups in total. The molecule has 0 saturated heterocycles. The molecule has 10 nitrogen and oxygen atoms in total. The van der Waals surface area contributed by atoms with Crippen molar-refractivity contribution in [1.82, 2.24) is 15.0 Å². The first-order valence-corrected chi connectivity index (χ1v) is 8.22. The zero-order chi connectivity index (χ0) is 18.2. The highest BCUT2D eigenvalue weighted by molar-refractivity contribution is 5.67. The molecule has 0 fully saturated rings. The van der Waals surface area contributed by atoms with Crippen molar-refractivity contribution in [2.24, 2.45) is 0 Å². The maximum absolute atomic E-state index is 10.2. The van der Waals surface area contributed by atoms with Crippen LogP contribution in [0.4, 0.5) is 0 Å². The number of carboxylic acids is 1. The average Bonchev–Trinajstić information content (AvgIpc) is 3.06. The maximum atomic E-state index is 10.2. The number of aryl methyl sites for hydroxylation is 1. The van der Waals surface area contributed by atoms with E-state index in [1.807, 2.05) is 13.1 Å². The Bertz CT molecular complexity index is 456. The predicted octanol–water partition coefficient (Wildman–Crippen LogP) is -0.0344. The smallest absolute Gasteiger partial charge is 0.329 e. The molecule has 0 unspecified atom stereocenters. The monoisotopic (exact) mass is 361 g/mol. The molecule has 1 rings (SSSR count). The van der Waals surface area contributed by atoms with Crippen molar-refractivity contribution in [3.8, 4) is 0 Å². The van der Waals surface area contributed by atoms with Crippen LogP contribution in [0.1, 0.15) is 12.6 Å². The lowest BCUT2D eigenvalue weighted by molar-refractivity contribution is -0.142. The zero-order valence-electron chi connectivity index (χ0n) is 14.6. The van der Waals surface area contributed by atoms with E-state index in [4.69, 9.17) is 28.8 Å². The van der Waals surface area contributed by atoms with Crippen LogP contribution < -0.4 is 0 Å². The highest BCUT2D eigenvalue weighted by atomic mass is 16.6. The first-order chi connectivity index (χ1) is 12.2. The summed E-state index contributed by atoms with van der Waals surface area (Å²) >= 11 is 0. The molecule has 0 aliphatic heterocycles. The third kappa shape index (κ3) is 12.4. The van der Waals surface area contributed by atoms with Gasteiger partial charge in [-0.05, 0) is 6.92 Å². The molecular formula is C15H27N3O7. The molecule has 0 bridgehead atoms. The molecule has 0 aromatic carbocycles. The van der Waals surface area contributed by atoms with Crippen molar-refractivity contribution < 1.29 is 33.6 Å². The summed E-state index contributed by atoms with van der Waals surface area (Å²) in [5, 5.41) is 16.3. The highest BCUT2D eigenvalue weighted by Gasteiger charge is 1.99. The number of aromatic nitrogens is 3. The van der Waals surface area contributed by atoms with E-state index >= 15 is 0 Å². The number of carboxylic acid groups (broad SMARTS) is 1. The van der Waals surface area contributed by atoms with Crippen molar-refractivity contribution in [1.29, 1.82) is 0 Å². The Morgan fingerprint density at radius 3 is 1.96 bits per heavy atom. The average molecular weight is 361 g/mol. The molecule has 10 heteroatoms. The van der Waals surface area contributed by atoms with E-state index in [2.05, 4.69) is 10.3 Å². The topological polar surface area (TPSA) is 114 Å². The zero-order valence-corrected chi connectivity index (χ0v) is 14.6. The minimum Gasteiger partial charge on any atom is -0.480 e. The number of nitrogens with zero attached hydrogens (tertiary/aromatic N) is 3. The normalized spacial score (nSPS) is 11.1. The van der Waals surface area contributed by atoms with E-state index in [1.54, 1.807) is 4.68 Å². The van der Waals surface area contributed by atoms with Crippen LogP contribution in [0.5, 0.6) is 0 Å². The number of rotatable bonds is 17. The van der Waals surface area contributed by atoms with Gasteiger partial charge in [-0.25, -0.2) is 4.79 Å². The lowest BCUT2D eigenvalue weighted by Crippen LogP contribution is -2.14. The van der Waals surface area contributed by atoms with Gasteiger partial charge in [0.25, 0.3) is 0 Å². The molecule has 0 aliphatic carbocycles. The Morgan fingerprint density at radius 2 is 1.48 bits per heavy atom. The minimum atomic E-state index is -0.988. The number of aliphatic carboxylic acids is 1. The number of hydrogen-bond donors (Lipinski definition) is 1. The van der Waals surface area contributed by atoms with Crippen LogP contribution in [0.2, 0.25) is 0 Å². The van der Waals surface area contributed by atoms with Crippen LogP contribution in [0.25, 0.3) is 0 Å². The first kappa shape index (κ1) is 21.5. The third-order valence-electron chi connectivity index (χ3n) is 2.87. The summed E-state index contributed by atoms with van der Waals surface area (Å²) in [5.74, 6) is -0.988. The molecule has 25 heavy (non-hydrogen) atoms. The summed E-state index contributed by atoms with van der Waals surface area (Å²) in [7, 11) is 0. The number of hydrogen-bond acceptors (Lipinski definition) is 8. The van der Waals surface area contributed by atoms with E-state index < -0.39 is 5.97 Å². The summed E-state index contributed by atoms with van der Waals surface area (Å²) in [6.45, 7) is 6.32. The standard InChI is InChI=1S/C15H27N3O7/c1-2-18-11-14(16-17-18)12-24-9-7-22-5-3-21-4-6-23-8-10-25-13-15(19)20/h11H,2-10,12-13H2,1H3,(H,19,20). The molecule has 0 aliphatic rings. The fourth-order valence-corrected chi connectivity index (χ4v) is 1.67. The van der Waals surface area contributed by atoms with E-state index in [0.717, 1.165) is 12.2 Å². The van der Waals surface area contributed by atoms with Crippen LogP contribution in [0.3, 0.4) is 0 Å². The molecule has 1 aromatic heterocycles. The van der Waals surface area contributed by atoms with Gasteiger partial charge in [-0.1, -0.05) is 5.21 Å². The molecule has 1 aromatic rings. The first-order valence-electron chi connectivity index (χ1n) is 8.22. The van der Waals surface area contributed by atoms with Crippen LogP contribution in [-0.4, -0.2) is 85.5 Å². The van der Waals surface area contributed by atoms with Crippen LogP contribution in [0, 0.1) is 0 Å². The Hall–Kier alpha value is -1.59. The Labute approximate surface area is 146 Å². The molecule has 0 saturated carbocycles. The van der Waals surface area contributed by atoms with Crippen molar-refractivity contribution >= 4 is 5.97 Å². The maximum Gasteiger partial charge on any atom is 0.329 e. The molecule has 0 radical (unpaired) electrons. The van der Waals surface area contributed by atoms with Gasteiger partial charge in [0.2, 0.25) is 0 Å². The fourth-order valence-electron chi connectivity index (χ4n) is 1.67. The number of carbonyl (C=O) groups is 1. The quantitative estimate of drug-likeness (QED) is 0.382. The van der Waals surface area contributed by atoms with E-state index in [0.29, 0.717) is 52.9 Å². The van der Waals surface area contributed by atoms with E-state index in [1.165, 1.54) is 0 Å². The van der Waals surface area contributed by atoms with Crippen LogP contribution >= 0.6 is 0 Å². The van der Waals surface area contributed by atoms with Gasteiger partial charge < -0.3 is 28.8 Å². The van der Waals surface area contributed by atoms with Crippen molar-refractivity contribution in [3.63, 3.8) is 0 Å². The van der Waals surface area contributed by atoms with Gasteiger partial charge in [0, 0.05) is 6.54 Å². The Balaban J connectivity index is 1.75. The number of ether oxygens (including phenoxy) is 5. The van der Waals surface area contributed by atoms with Gasteiger partial charge in [-0.15, -0.1) is 5.10 Å². The largest absolute Gasteiger partial charge is 0.480 e. The van der Waals surface area contributed by atoms with Gasteiger partial charge in [-0.3, -0.25) is 4.68 Å². The Morgan fingerprint density at radius 1 is 0.960 bits per heavy atom. The van der Waals surface area contributed by atoms with Crippen LogP contribution in [-0.2, 0) is 41.6 Å². The van der Waals surface area contributed by atoms with Gasteiger partial charge in [0.05, 0.1) is 65.7 Å². The summed E-state index contributed by atoms with van der Waals surface area (Å²) in [4.78, 5) is 10.2. The summed E-state index contributed by atoms with van der Waals surface area (Å²) in [6.07, 6.45) is 1.86. The van der Waals surface area contributed by atoms with Gasteiger partial charge in [0.1, 0.15) is 12.3 Å². The Kier molecular flexibility index (Phi) is 12.6. The SMILES string of the molecule is CCn1cc(COCCOCCOCCOCCOCC(=O)O)nn1. The second kappa shape index (κ2) is 14.7. The van der Waals surface area contributed by atoms with Crippen molar-refractivity contribution in [2.75, 3.05) is 59.5 Å². The molecule has 0 atom stereocenters. The predicted molar refractivity (Wildman–Crippen MR) is 86.3 cm³/mol. The van der Waals surface area contributed by atoms with Crippen LogP contribution in [0.15, 0.2) is 6.20 Å². The highest BCUT2D eigenvalue weighted by Crippen LogP contribution is 1.95. The molecule has 0 spiro atoms. The second-order valence-electron chi connectivity index (χ2n) is 4.90. The van der Waals surface area contributed by atoms with Crippen molar-refractivity contribution in [3.05, 3.63) is 11.9 Å². The second-order valence-corrected chi connectivity index (χ2v) is 4.90. The fraction of sp³-hybridized carbons (Fsp3) is 0.800. The molecule has 1 heterocycles. The third-order valence-corrected chi connectivity index (χ3v) is 2.87. The molecule has 0 amide bonds. The lowest BCUT2D eigenvalue weighted by atomic mass is 10.5. The summed E-state index contributed by atoms with van der Waals surface area (Å²) < 4.78 is 27.9. The van der Waals surface area contributed by atoms with Gasteiger partial charge in [0.15, 0.2) is 0 Å². The minimum absolute atomic E-state index is 0.254. The molecule has 144 valence electrons. The summed E-state index contributed by atoms with van der Waals surface area (Å²) in [5.41, 5.74) is 0.804. The lowest BCUT2D eigenvalue weighted by Gasteiger charge is -2.07. The van der Waals surface area contributed by atoms with Gasteiger partial charge >= 0.3 is 5.97 Å². The molecular weight excluding hydrogens is 334 g/mol. The van der Waals surface area contributed by atoms with E-state index in [-0.39, 0.29) is 13.2 Å². The van der Waals surface area contributed by atoms with Crippen molar-refractivity contribution in [2.45, 2.75) is 20.1 Å².